The van der Waals surface area contributed by atoms with Crippen LogP contribution in [0.4, 0.5) is 20.2 Å². The van der Waals surface area contributed by atoms with Crippen molar-refractivity contribution in [3.63, 3.8) is 0 Å². The highest BCUT2D eigenvalue weighted by Crippen LogP contribution is 2.20. The third-order valence-electron chi connectivity index (χ3n) is 5.19. The van der Waals surface area contributed by atoms with Crippen LogP contribution in [0.15, 0.2) is 90.1 Å². The van der Waals surface area contributed by atoms with Crippen molar-refractivity contribution >= 4 is 23.2 Å². The van der Waals surface area contributed by atoms with E-state index in [-0.39, 0.29) is 35.4 Å². The van der Waals surface area contributed by atoms with Crippen LogP contribution in [0.1, 0.15) is 11.1 Å². The first-order valence-electron chi connectivity index (χ1n) is 10.8. The molecule has 1 heterocycles. The maximum absolute atomic E-state index is 13.7. The van der Waals surface area contributed by atoms with Crippen LogP contribution in [0.5, 0.6) is 0 Å². The van der Waals surface area contributed by atoms with Gasteiger partial charge in [-0.2, -0.15) is 10.3 Å². The Labute approximate surface area is 205 Å². The summed E-state index contributed by atoms with van der Waals surface area (Å²) < 4.78 is 26.7. The Kier molecular flexibility index (Phi) is 7.27. The lowest BCUT2D eigenvalue weighted by atomic mass is 10.1. The number of benzene rings is 3. The number of guanidine groups is 1. The number of carbonyl (C=O) groups is 1. The molecule has 0 aliphatic carbocycles. The molecule has 0 aliphatic heterocycles. The maximum atomic E-state index is 13.7. The number of nitrogens with one attached hydrogen (secondary N) is 4. The molecule has 0 bridgehead atoms. The smallest absolute Gasteiger partial charge is 0.228 e. The van der Waals surface area contributed by atoms with E-state index in [0.717, 1.165) is 16.7 Å². The first-order valence-corrected chi connectivity index (χ1v) is 10.8. The van der Waals surface area contributed by atoms with E-state index >= 15 is 0 Å². The lowest BCUT2D eigenvalue weighted by Crippen LogP contribution is -2.16. The standard InChI is InChI=1S/C27H20F2N6O/c28-20-9-4-17(5-10-20)14-26(36)33-21-11-6-18(7-12-21)19-8-13-25(32-16-19)35-27(31)34-24-3-1-2-23(29)22(24)15-30/h1-13,16H,14H2,(H,33,36)(H3,31,32,34,35). The number of aromatic nitrogens is 1. The van der Waals surface area contributed by atoms with E-state index in [2.05, 4.69) is 20.6 Å². The van der Waals surface area contributed by atoms with Gasteiger partial charge in [0.15, 0.2) is 0 Å². The lowest BCUT2D eigenvalue weighted by Gasteiger charge is -2.08. The van der Waals surface area contributed by atoms with E-state index in [9.17, 15) is 13.6 Å². The average molecular weight is 482 g/mol. The third-order valence-corrected chi connectivity index (χ3v) is 5.19. The van der Waals surface area contributed by atoms with Crippen molar-refractivity contribution in [1.82, 2.24) is 4.98 Å². The van der Waals surface area contributed by atoms with Gasteiger partial charge in [0.1, 0.15) is 28.8 Å². The number of H-pyrrole nitrogens is 1. The molecule has 3 aromatic carbocycles. The summed E-state index contributed by atoms with van der Waals surface area (Å²) in [6, 6.07) is 22.4. The van der Waals surface area contributed by atoms with Gasteiger partial charge in [-0.1, -0.05) is 30.3 Å². The van der Waals surface area contributed by atoms with E-state index in [4.69, 9.17) is 10.7 Å². The molecule has 0 radical (unpaired) electrons. The van der Waals surface area contributed by atoms with Crippen molar-refractivity contribution in [2.45, 2.75) is 6.42 Å². The average Bonchev–Trinajstić information content (AvgIpc) is 2.86. The largest absolute Gasteiger partial charge is 0.346 e. The molecule has 0 spiro atoms. The summed E-state index contributed by atoms with van der Waals surface area (Å²) in [5.74, 6) is -1.49. The zero-order chi connectivity index (χ0) is 25.5. The van der Waals surface area contributed by atoms with E-state index in [1.807, 2.05) is 18.2 Å². The minimum Gasteiger partial charge on any atom is -0.346 e. The fraction of sp³-hybridized carbons (Fsp3) is 0.0370. The van der Waals surface area contributed by atoms with Gasteiger partial charge in [-0.3, -0.25) is 10.2 Å². The van der Waals surface area contributed by atoms with E-state index < -0.39 is 5.82 Å². The van der Waals surface area contributed by atoms with Gasteiger partial charge in [0, 0.05) is 11.9 Å². The number of nitrogens with zero attached hydrogens (tertiary/aromatic N) is 2. The topological polar surface area (TPSA) is 117 Å². The number of hydrogen-bond donors (Lipinski definition) is 4. The first-order chi connectivity index (χ1) is 17.4. The fourth-order valence-corrected chi connectivity index (χ4v) is 3.42. The minimum absolute atomic E-state index is 0.142. The van der Waals surface area contributed by atoms with Gasteiger partial charge in [-0.15, -0.1) is 0 Å². The molecule has 36 heavy (non-hydrogen) atoms. The van der Waals surface area contributed by atoms with E-state index in [1.165, 1.54) is 30.3 Å². The van der Waals surface area contributed by atoms with E-state index in [1.54, 1.807) is 42.6 Å². The molecule has 0 fully saturated rings. The Hall–Kier alpha value is -5.10. The summed E-state index contributed by atoms with van der Waals surface area (Å²) in [7, 11) is 0. The third kappa shape index (κ3) is 6.07. The molecule has 178 valence electrons. The van der Waals surface area contributed by atoms with E-state index in [0.29, 0.717) is 11.2 Å². The number of pyridine rings is 1. The fourth-order valence-electron chi connectivity index (χ4n) is 3.42. The molecule has 4 N–H and O–H groups in total. The van der Waals surface area contributed by atoms with Crippen LogP contribution < -0.4 is 16.1 Å². The Morgan fingerprint density at radius 3 is 2.33 bits per heavy atom. The molecule has 0 unspecified atom stereocenters. The monoisotopic (exact) mass is 482 g/mol. The van der Waals surface area contributed by atoms with Crippen molar-refractivity contribution in [2.24, 2.45) is 4.99 Å². The highest BCUT2D eigenvalue weighted by molar-refractivity contribution is 5.93. The highest BCUT2D eigenvalue weighted by atomic mass is 19.1. The summed E-state index contributed by atoms with van der Waals surface area (Å²) in [5, 5.41) is 22.5. The van der Waals surface area contributed by atoms with Gasteiger partial charge in [0.2, 0.25) is 11.9 Å². The van der Waals surface area contributed by atoms with Gasteiger partial charge in [-0.05, 0) is 65.2 Å². The zero-order valence-corrected chi connectivity index (χ0v) is 18.8. The van der Waals surface area contributed by atoms with Crippen LogP contribution in [-0.2, 0) is 11.2 Å². The molecule has 9 heteroatoms. The number of anilines is 2. The van der Waals surface area contributed by atoms with Crippen molar-refractivity contribution in [3.05, 3.63) is 113 Å². The number of nitriles is 1. The second-order valence-electron chi connectivity index (χ2n) is 7.75. The first kappa shape index (κ1) is 24.0. The molecule has 7 nitrogen and oxygen atoms in total. The van der Waals surface area contributed by atoms with Crippen LogP contribution >= 0.6 is 0 Å². The van der Waals surface area contributed by atoms with Crippen LogP contribution in [0, 0.1) is 28.4 Å². The predicted octanol–water partition coefficient (Wildman–Crippen LogP) is 4.96. The molecule has 0 atom stereocenters. The second kappa shape index (κ2) is 10.9. The van der Waals surface area contributed by atoms with Gasteiger partial charge >= 0.3 is 0 Å². The summed E-state index contributed by atoms with van der Waals surface area (Å²) in [6.45, 7) is 0. The van der Waals surface area contributed by atoms with Crippen LogP contribution in [-0.4, -0.2) is 16.9 Å². The molecule has 0 saturated carbocycles. The van der Waals surface area contributed by atoms with Gasteiger partial charge < -0.3 is 15.6 Å². The number of halogens is 2. The Balaban J connectivity index is 1.39. The summed E-state index contributed by atoms with van der Waals surface area (Å²) in [4.78, 5) is 19.3. The number of amides is 1. The zero-order valence-electron chi connectivity index (χ0n) is 18.8. The van der Waals surface area contributed by atoms with Crippen molar-refractivity contribution in [2.75, 3.05) is 10.6 Å². The lowest BCUT2D eigenvalue weighted by molar-refractivity contribution is -0.115. The molecular formula is C27H20F2N6O. The molecule has 0 aliphatic rings. The van der Waals surface area contributed by atoms with Gasteiger partial charge in [0.05, 0.1) is 12.1 Å². The second-order valence-corrected chi connectivity index (χ2v) is 7.75. The Morgan fingerprint density at radius 1 is 0.944 bits per heavy atom. The van der Waals surface area contributed by atoms with Crippen molar-refractivity contribution < 1.29 is 13.6 Å². The highest BCUT2D eigenvalue weighted by Gasteiger charge is 2.09. The number of hydrogen-bond acceptors (Lipinski definition) is 3. The molecule has 1 amide bonds. The van der Waals surface area contributed by atoms with Gasteiger partial charge in [0.25, 0.3) is 0 Å². The Morgan fingerprint density at radius 2 is 1.67 bits per heavy atom. The summed E-state index contributed by atoms with van der Waals surface area (Å²) >= 11 is 0. The normalized spacial score (nSPS) is 11.0. The SMILES string of the molecule is N#Cc1c(F)cccc1NC(=N)/N=c1/ccc(-c2ccc(NC(=O)Cc3ccc(F)cc3)cc2)c[nH]1. The van der Waals surface area contributed by atoms with Crippen LogP contribution in [0.3, 0.4) is 0 Å². The Bertz CT molecular complexity index is 1500. The quantitative estimate of drug-likeness (QED) is 0.238. The predicted molar refractivity (Wildman–Crippen MR) is 133 cm³/mol. The molecular weight excluding hydrogens is 462 g/mol. The maximum Gasteiger partial charge on any atom is 0.228 e. The summed E-state index contributed by atoms with van der Waals surface area (Å²) in [5.41, 5.74) is 3.46. The van der Waals surface area contributed by atoms with Crippen LogP contribution in [0.2, 0.25) is 0 Å². The van der Waals surface area contributed by atoms with Crippen molar-refractivity contribution in [1.29, 1.82) is 10.7 Å². The molecule has 4 aromatic rings. The molecule has 4 rings (SSSR count). The number of carbonyl (C=O) groups excluding carboxylic acids is 1. The van der Waals surface area contributed by atoms with Crippen LogP contribution in [0.25, 0.3) is 11.1 Å². The molecule has 1 aromatic heterocycles. The number of aromatic amines is 1. The molecule has 0 saturated heterocycles. The number of rotatable bonds is 5. The minimum atomic E-state index is -0.676. The summed E-state index contributed by atoms with van der Waals surface area (Å²) in [6.07, 6.45) is 1.86. The van der Waals surface area contributed by atoms with Gasteiger partial charge in [-0.25, -0.2) is 8.78 Å². The van der Waals surface area contributed by atoms with Crippen molar-refractivity contribution in [3.8, 4) is 17.2 Å².